The van der Waals surface area contributed by atoms with Crippen molar-refractivity contribution >= 4 is 11.8 Å². The molecule has 0 aliphatic heterocycles. The maximum atomic E-state index is 13.3. The van der Waals surface area contributed by atoms with Gasteiger partial charge in [-0.05, 0) is 42.6 Å². The predicted octanol–water partition coefficient (Wildman–Crippen LogP) is 3.43. The van der Waals surface area contributed by atoms with Gasteiger partial charge in [0.05, 0.1) is 0 Å². The zero-order valence-corrected chi connectivity index (χ0v) is 12.8. The highest BCUT2D eigenvalue weighted by molar-refractivity contribution is 8.00. The molecule has 1 aromatic rings. The summed E-state index contributed by atoms with van der Waals surface area (Å²) in [5.74, 6) is 0.387. The number of benzene rings is 1. The van der Waals surface area contributed by atoms with Crippen LogP contribution in [0.15, 0.2) is 23.1 Å². The molecule has 1 unspecified atom stereocenters. The van der Waals surface area contributed by atoms with Crippen molar-refractivity contribution in [3.05, 3.63) is 29.6 Å². The molecule has 0 saturated carbocycles. The standard InChI is InChI=1S/C15H24FNOS/c1-11(2)9-17-10-13-8-14(16)4-5-15(13)19-12(3)6-7-18/h4-5,8,11-12,17-18H,6-7,9-10H2,1-3H3. The molecule has 2 N–H and O–H groups in total. The minimum Gasteiger partial charge on any atom is -0.396 e. The van der Waals surface area contributed by atoms with Crippen molar-refractivity contribution in [1.29, 1.82) is 0 Å². The minimum absolute atomic E-state index is 0.191. The molecule has 0 aliphatic carbocycles. The van der Waals surface area contributed by atoms with E-state index in [1.165, 1.54) is 6.07 Å². The Bertz CT molecular complexity index is 384. The molecule has 0 radical (unpaired) electrons. The van der Waals surface area contributed by atoms with Crippen LogP contribution in [0.5, 0.6) is 0 Å². The van der Waals surface area contributed by atoms with Crippen LogP contribution in [0.1, 0.15) is 32.8 Å². The van der Waals surface area contributed by atoms with E-state index in [1.807, 2.05) is 6.07 Å². The second kappa shape index (κ2) is 8.56. The number of hydrogen-bond acceptors (Lipinski definition) is 3. The lowest BCUT2D eigenvalue weighted by atomic mass is 10.2. The first-order valence-corrected chi connectivity index (χ1v) is 7.67. The Morgan fingerprint density at radius 1 is 1.32 bits per heavy atom. The normalized spacial score (nSPS) is 12.9. The molecular formula is C15H24FNOS. The van der Waals surface area contributed by atoms with Gasteiger partial charge in [0.25, 0.3) is 0 Å². The summed E-state index contributed by atoms with van der Waals surface area (Å²) in [4.78, 5) is 1.10. The van der Waals surface area contributed by atoms with Gasteiger partial charge in [-0.25, -0.2) is 4.39 Å². The van der Waals surface area contributed by atoms with Crippen molar-refractivity contribution in [2.45, 2.75) is 43.9 Å². The molecule has 0 heterocycles. The summed E-state index contributed by atoms with van der Waals surface area (Å²) < 4.78 is 13.3. The molecule has 1 rings (SSSR count). The number of rotatable bonds is 8. The number of halogens is 1. The number of hydrogen-bond donors (Lipinski definition) is 2. The molecule has 2 nitrogen and oxygen atoms in total. The zero-order valence-electron chi connectivity index (χ0n) is 11.9. The van der Waals surface area contributed by atoms with Crippen LogP contribution in [-0.2, 0) is 6.54 Å². The van der Waals surface area contributed by atoms with Crippen LogP contribution in [0, 0.1) is 11.7 Å². The molecule has 0 aliphatic rings. The van der Waals surface area contributed by atoms with Gasteiger partial charge >= 0.3 is 0 Å². The summed E-state index contributed by atoms with van der Waals surface area (Å²) in [5, 5.41) is 12.6. The molecule has 1 aromatic carbocycles. The van der Waals surface area contributed by atoms with Crippen LogP contribution in [0.3, 0.4) is 0 Å². The first-order valence-electron chi connectivity index (χ1n) is 6.79. The number of nitrogens with one attached hydrogen (secondary N) is 1. The molecule has 0 saturated heterocycles. The average Bonchev–Trinajstić information content (AvgIpc) is 2.32. The van der Waals surface area contributed by atoms with E-state index in [-0.39, 0.29) is 12.4 Å². The number of aliphatic hydroxyl groups is 1. The topological polar surface area (TPSA) is 32.3 Å². The predicted molar refractivity (Wildman–Crippen MR) is 80.0 cm³/mol. The first kappa shape index (κ1) is 16.5. The summed E-state index contributed by atoms with van der Waals surface area (Å²) in [6, 6.07) is 4.93. The molecule has 0 spiro atoms. The van der Waals surface area contributed by atoms with Crippen molar-refractivity contribution in [2.75, 3.05) is 13.2 Å². The monoisotopic (exact) mass is 285 g/mol. The Kier molecular flexibility index (Phi) is 7.42. The number of thioether (sulfide) groups is 1. The fourth-order valence-electron chi connectivity index (χ4n) is 1.75. The summed E-state index contributed by atoms with van der Waals surface area (Å²) in [7, 11) is 0. The van der Waals surface area contributed by atoms with Crippen LogP contribution in [0.2, 0.25) is 0 Å². The van der Waals surface area contributed by atoms with Gasteiger partial charge in [0.15, 0.2) is 0 Å². The van der Waals surface area contributed by atoms with Crippen molar-refractivity contribution in [2.24, 2.45) is 5.92 Å². The minimum atomic E-state index is -0.194. The SMILES string of the molecule is CC(C)CNCc1cc(F)ccc1SC(C)CCO. The van der Waals surface area contributed by atoms with E-state index in [0.29, 0.717) is 17.7 Å². The van der Waals surface area contributed by atoms with Crippen molar-refractivity contribution in [1.82, 2.24) is 5.32 Å². The highest BCUT2D eigenvalue weighted by Crippen LogP contribution is 2.29. The van der Waals surface area contributed by atoms with Crippen LogP contribution in [0.25, 0.3) is 0 Å². The zero-order chi connectivity index (χ0) is 14.3. The van der Waals surface area contributed by atoms with E-state index in [0.717, 1.165) is 23.4 Å². The van der Waals surface area contributed by atoms with Gasteiger partial charge in [-0.2, -0.15) is 0 Å². The van der Waals surface area contributed by atoms with Crippen LogP contribution in [-0.4, -0.2) is 23.5 Å². The fourth-order valence-corrected chi connectivity index (χ4v) is 2.84. The Hall–Kier alpha value is -0.580. The van der Waals surface area contributed by atoms with E-state index in [1.54, 1.807) is 17.8 Å². The third-order valence-corrected chi connectivity index (χ3v) is 4.04. The molecular weight excluding hydrogens is 261 g/mol. The quantitative estimate of drug-likeness (QED) is 0.718. The van der Waals surface area contributed by atoms with Crippen LogP contribution in [0.4, 0.5) is 4.39 Å². The summed E-state index contributed by atoms with van der Waals surface area (Å²) in [5.41, 5.74) is 0.996. The van der Waals surface area contributed by atoms with Crippen molar-refractivity contribution in [3.63, 3.8) is 0 Å². The van der Waals surface area contributed by atoms with Crippen molar-refractivity contribution in [3.8, 4) is 0 Å². The van der Waals surface area contributed by atoms with Gasteiger partial charge < -0.3 is 10.4 Å². The van der Waals surface area contributed by atoms with E-state index >= 15 is 0 Å². The van der Waals surface area contributed by atoms with Crippen molar-refractivity contribution < 1.29 is 9.50 Å². The molecule has 0 aromatic heterocycles. The summed E-state index contributed by atoms with van der Waals surface area (Å²) in [6.07, 6.45) is 0.751. The van der Waals surface area contributed by atoms with Crippen LogP contribution < -0.4 is 5.32 Å². The molecule has 108 valence electrons. The van der Waals surface area contributed by atoms with Gasteiger partial charge in [-0.15, -0.1) is 11.8 Å². The maximum Gasteiger partial charge on any atom is 0.123 e. The van der Waals surface area contributed by atoms with Gasteiger partial charge in [-0.1, -0.05) is 20.8 Å². The summed E-state index contributed by atoms with van der Waals surface area (Å²) in [6.45, 7) is 8.18. The average molecular weight is 285 g/mol. The maximum absolute atomic E-state index is 13.3. The Labute approximate surface area is 119 Å². The largest absolute Gasteiger partial charge is 0.396 e. The molecule has 0 bridgehead atoms. The van der Waals surface area contributed by atoms with Gasteiger partial charge in [0, 0.05) is 23.3 Å². The number of aliphatic hydroxyl groups excluding tert-OH is 1. The van der Waals surface area contributed by atoms with E-state index < -0.39 is 0 Å². The Morgan fingerprint density at radius 3 is 2.68 bits per heavy atom. The second-order valence-corrected chi connectivity index (χ2v) is 6.70. The molecule has 19 heavy (non-hydrogen) atoms. The Morgan fingerprint density at radius 2 is 2.05 bits per heavy atom. The smallest absolute Gasteiger partial charge is 0.123 e. The van der Waals surface area contributed by atoms with Gasteiger partial charge in [-0.3, -0.25) is 0 Å². The molecule has 0 fully saturated rings. The molecule has 4 heteroatoms. The van der Waals surface area contributed by atoms with E-state index in [9.17, 15) is 4.39 Å². The highest BCUT2D eigenvalue weighted by Gasteiger charge is 2.09. The molecule has 1 atom stereocenters. The fraction of sp³-hybridized carbons (Fsp3) is 0.600. The lowest BCUT2D eigenvalue weighted by Gasteiger charge is -2.15. The third kappa shape index (κ3) is 6.41. The van der Waals surface area contributed by atoms with E-state index in [4.69, 9.17) is 5.11 Å². The lowest BCUT2D eigenvalue weighted by Crippen LogP contribution is -2.19. The first-order chi connectivity index (χ1) is 9.02. The van der Waals surface area contributed by atoms with Gasteiger partial charge in [0.2, 0.25) is 0 Å². The summed E-state index contributed by atoms with van der Waals surface area (Å²) >= 11 is 1.70. The third-order valence-electron chi connectivity index (χ3n) is 2.75. The van der Waals surface area contributed by atoms with E-state index in [2.05, 4.69) is 26.1 Å². The molecule has 0 amide bonds. The second-order valence-electron chi connectivity index (χ2n) is 5.22. The highest BCUT2D eigenvalue weighted by atomic mass is 32.2. The van der Waals surface area contributed by atoms with Crippen LogP contribution >= 0.6 is 11.8 Å². The van der Waals surface area contributed by atoms with Gasteiger partial charge in [0.1, 0.15) is 5.82 Å². The lowest BCUT2D eigenvalue weighted by molar-refractivity contribution is 0.289. The Balaban J connectivity index is 2.68.